The number of H-pyrrole nitrogens is 1. The molecule has 0 aliphatic heterocycles. The van der Waals surface area contributed by atoms with Crippen LogP contribution in [0.25, 0.3) is 22.0 Å². The molecule has 0 amide bonds. The zero-order chi connectivity index (χ0) is 10.1. The van der Waals surface area contributed by atoms with Crippen molar-refractivity contribution in [3.63, 3.8) is 0 Å². The van der Waals surface area contributed by atoms with Gasteiger partial charge in [-0.15, -0.1) is 0 Å². The third-order valence-electron chi connectivity index (χ3n) is 2.66. The second-order valence-corrected chi connectivity index (χ2v) is 3.65. The van der Waals surface area contributed by atoms with Gasteiger partial charge in [0.25, 0.3) is 0 Å². The highest BCUT2D eigenvalue weighted by Gasteiger charge is 1.98. The van der Waals surface area contributed by atoms with Gasteiger partial charge in [-0.05, 0) is 34.5 Å². The maximum Gasteiger partial charge on any atom is 0.0454 e. The number of hydrogen-bond acceptors (Lipinski definition) is 0. The molecule has 0 saturated heterocycles. The lowest BCUT2D eigenvalue weighted by atomic mass is 10.1. The van der Waals surface area contributed by atoms with Crippen molar-refractivity contribution in [1.29, 1.82) is 0 Å². The smallest absolute Gasteiger partial charge is 0.0454 e. The molecule has 0 bridgehead atoms. The maximum atomic E-state index is 3.22. The zero-order valence-corrected chi connectivity index (χ0v) is 8.27. The van der Waals surface area contributed by atoms with Crippen LogP contribution in [-0.4, -0.2) is 4.98 Å². The Kier molecular flexibility index (Phi) is 1.82. The van der Waals surface area contributed by atoms with Crippen molar-refractivity contribution < 1.29 is 0 Å². The highest BCUT2D eigenvalue weighted by atomic mass is 14.7. The molecule has 1 N–H and O–H groups in total. The van der Waals surface area contributed by atoms with E-state index in [2.05, 4.69) is 53.5 Å². The summed E-state index contributed by atoms with van der Waals surface area (Å²) in [6, 6.07) is 19.0. The monoisotopic (exact) mass is 193 g/mol. The Balaban J connectivity index is 2.22. The molecular formula is C14H11N. The van der Waals surface area contributed by atoms with E-state index < -0.39 is 0 Å². The number of fused-ring (bicyclic) bond motifs is 1. The van der Waals surface area contributed by atoms with E-state index in [1.54, 1.807) is 0 Å². The molecule has 0 aliphatic rings. The molecule has 3 aromatic rings. The standard InChI is InChI=1S/C14H11N/c1-2-5-12-10-13(8-7-11(12)4-1)14-6-3-9-15-14/h1-10,15H. The lowest BCUT2D eigenvalue weighted by Crippen LogP contribution is -1.77. The molecule has 0 spiro atoms. The predicted octanol–water partition coefficient (Wildman–Crippen LogP) is 3.83. The average Bonchev–Trinajstić information content (AvgIpc) is 2.82. The molecule has 0 radical (unpaired) electrons. The summed E-state index contributed by atoms with van der Waals surface area (Å²) in [7, 11) is 0. The summed E-state index contributed by atoms with van der Waals surface area (Å²) in [6.07, 6.45) is 1.95. The summed E-state index contributed by atoms with van der Waals surface area (Å²) in [5.41, 5.74) is 2.40. The second-order valence-electron chi connectivity index (χ2n) is 3.65. The number of hydrogen-bond donors (Lipinski definition) is 1. The fourth-order valence-corrected chi connectivity index (χ4v) is 1.87. The van der Waals surface area contributed by atoms with Gasteiger partial charge in [-0.1, -0.05) is 36.4 Å². The second kappa shape index (κ2) is 3.28. The van der Waals surface area contributed by atoms with E-state index in [9.17, 15) is 0 Å². The summed E-state index contributed by atoms with van der Waals surface area (Å²) in [5, 5.41) is 2.57. The molecule has 15 heavy (non-hydrogen) atoms. The fraction of sp³-hybridized carbons (Fsp3) is 0. The van der Waals surface area contributed by atoms with Crippen LogP contribution in [0.5, 0.6) is 0 Å². The van der Waals surface area contributed by atoms with Gasteiger partial charge in [0.1, 0.15) is 0 Å². The van der Waals surface area contributed by atoms with E-state index in [4.69, 9.17) is 0 Å². The third kappa shape index (κ3) is 1.42. The topological polar surface area (TPSA) is 15.8 Å². The van der Waals surface area contributed by atoms with E-state index in [1.807, 2.05) is 12.3 Å². The van der Waals surface area contributed by atoms with Crippen LogP contribution >= 0.6 is 0 Å². The van der Waals surface area contributed by atoms with Crippen LogP contribution in [0.3, 0.4) is 0 Å². The largest absolute Gasteiger partial charge is 0.361 e. The Morgan fingerprint density at radius 1 is 0.733 bits per heavy atom. The van der Waals surface area contributed by atoms with Crippen molar-refractivity contribution in [3.8, 4) is 11.3 Å². The molecule has 1 nitrogen and oxygen atoms in total. The molecule has 72 valence electrons. The van der Waals surface area contributed by atoms with Crippen molar-refractivity contribution in [2.75, 3.05) is 0 Å². The minimum Gasteiger partial charge on any atom is -0.361 e. The van der Waals surface area contributed by atoms with Gasteiger partial charge in [0.15, 0.2) is 0 Å². The van der Waals surface area contributed by atoms with Crippen molar-refractivity contribution in [1.82, 2.24) is 4.98 Å². The molecule has 0 fully saturated rings. The third-order valence-corrected chi connectivity index (χ3v) is 2.66. The Morgan fingerprint density at radius 3 is 2.40 bits per heavy atom. The molecule has 3 rings (SSSR count). The Bertz CT molecular complexity index is 579. The molecule has 1 heterocycles. The molecule has 0 saturated carbocycles. The first kappa shape index (κ1) is 8.30. The van der Waals surface area contributed by atoms with Crippen molar-refractivity contribution in [3.05, 3.63) is 60.8 Å². The highest BCUT2D eigenvalue weighted by molar-refractivity contribution is 5.86. The molecule has 0 aliphatic carbocycles. The molecule has 0 unspecified atom stereocenters. The Hall–Kier alpha value is -2.02. The van der Waals surface area contributed by atoms with E-state index in [0.717, 1.165) is 0 Å². The number of benzene rings is 2. The van der Waals surface area contributed by atoms with Crippen LogP contribution in [0, 0.1) is 0 Å². The van der Waals surface area contributed by atoms with Gasteiger partial charge >= 0.3 is 0 Å². The lowest BCUT2D eigenvalue weighted by molar-refractivity contribution is 1.41. The van der Waals surface area contributed by atoms with Crippen molar-refractivity contribution in [2.24, 2.45) is 0 Å². The highest BCUT2D eigenvalue weighted by Crippen LogP contribution is 2.22. The maximum absolute atomic E-state index is 3.22. The molecule has 2 aromatic carbocycles. The van der Waals surface area contributed by atoms with Gasteiger partial charge in [-0.25, -0.2) is 0 Å². The van der Waals surface area contributed by atoms with E-state index in [-0.39, 0.29) is 0 Å². The normalized spacial score (nSPS) is 10.7. The molecule has 1 aromatic heterocycles. The van der Waals surface area contributed by atoms with Gasteiger partial charge in [-0.2, -0.15) is 0 Å². The van der Waals surface area contributed by atoms with Crippen LogP contribution in [0.4, 0.5) is 0 Å². The first-order chi connectivity index (χ1) is 7.43. The summed E-state index contributed by atoms with van der Waals surface area (Å²) >= 11 is 0. The Labute approximate surface area is 88.4 Å². The van der Waals surface area contributed by atoms with Gasteiger partial charge in [0.05, 0.1) is 0 Å². The van der Waals surface area contributed by atoms with E-state index in [1.165, 1.54) is 22.0 Å². The number of nitrogens with one attached hydrogen (secondary N) is 1. The number of rotatable bonds is 1. The average molecular weight is 193 g/mol. The summed E-state index contributed by atoms with van der Waals surface area (Å²) in [4.78, 5) is 3.22. The predicted molar refractivity (Wildman–Crippen MR) is 63.7 cm³/mol. The van der Waals surface area contributed by atoms with Gasteiger partial charge in [-0.3, -0.25) is 0 Å². The molecular weight excluding hydrogens is 182 g/mol. The molecule has 1 heteroatoms. The number of aromatic nitrogens is 1. The van der Waals surface area contributed by atoms with Crippen LogP contribution in [0.1, 0.15) is 0 Å². The SMILES string of the molecule is c1c[nH]c(-c2ccc3ccccc3c2)c1. The van der Waals surface area contributed by atoms with Crippen LogP contribution in [-0.2, 0) is 0 Å². The van der Waals surface area contributed by atoms with Crippen LogP contribution in [0.2, 0.25) is 0 Å². The first-order valence-corrected chi connectivity index (χ1v) is 5.06. The van der Waals surface area contributed by atoms with Gasteiger partial charge in [0.2, 0.25) is 0 Å². The van der Waals surface area contributed by atoms with Gasteiger partial charge in [0, 0.05) is 11.9 Å². The lowest BCUT2D eigenvalue weighted by Gasteiger charge is -2.01. The summed E-state index contributed by atoms with van der Waals surface area (Å²) < 4.78 is 0. The minimum absolute atomic E-state index is 1.17. The molecule has 0 atom stereocenters. The minimum atomic E-state index is 1.17. The van der Waals surface area contributed by atoms with E-state index >= 15 is 0 Å². The number of aromatic amines is 1. The van der Waals surface area contributed by atoms with Crippen molar-refractivity contribution in [2.45, 2.75) is 0 Å². The van der Waals surface area contributed by atoms with Gasteiger partial charge < -0.3 is 4.98 Å². The Morgan fingerprint density at radius 2 is 1.60 bits per heavy atom. The van der Waals surface area contributed by atoms with Crippen LogP contribution in [0.15, 0.2) is 60.8 Å². The zero-order valence-electron chi connectivity index (χ0n) is 8.27. The summed E-state index contributed by atoms with van der Waals surface area (Å²) in [6.45, 7) is 0. The summed E-state index contributed by atoms with van der Waals surface area (Å²) in [5.74, 6) is 0. The quantitative estimate of drug-likeness (QED) is 0.604. The van der Waals surface area contributed by atoms with Crippen LogP contribution < -0.4 is 0 Å². The van der Waals surface area contributed by atoms with E-state index in [0.29, 0.717) is 0 Å². The first-order valence-electron chi connectivity index (χ1n) is 5.06. The van der Waals surface area contributed by atoms with Crippen molar-refractivity contribution >= 4 is 10.8 Å². The fourth-order valence-electron chi connectivity index (χ4n) is 1.87.